The van der Waals surface area contributed by atoms with Gasteiger partial charge in [0.05, 0.1) is 10.0 Å². The minimum Gasteiger partial charge on any atom is -0.292 e. The lowest BCUT2D eigenvalue weighted by Gasteiger charge is -2.31. The van der Waals surface area contributed by atoms with Crippen molar-refractivity contribution < 1.29 is 4.79 Å². The third-order valence-corrected chi connectivity index (χ3v) is 4.50. The van der Waals surface area contributed by atoms with E-state index in [9.17, 15) is 4.79 Å². The van der Waals surface area contributed by atoms with Crippen LogP contribution < -0.4 is 0 Å². The molecule has 0 bridgehead atoms. The summed E-state index contributed by atoms with van der Waals surface area (Å²) in [5.41, 5.74) is 0.368. The lowest BCUT2D eigenvalue weighted by atomic mass is 9.74. The van der Waals surface area contributed by atoms with Gasteiger partial charge in [-0.3, -0.25) is 4.79 Å². The molecule has 0 amide bonds. The summed E-state index contributed by atoms with van der Waals surface area (Å²) in [4.78, 5) is 16.5. The summed E-state index contributed by atoms with van der Waals surface area (Å²) in [6, 6.07) is 1.58. The number of ketones is 1. The van der Waals surface area contributed by atoms with Crippen LogP contribution in [0.4, 0.5) is 0 Å². The first-order valence-corrected chi connectivity index (χ1v) is 7.10. The van der Waals surface area contributed by atoms with Crippen molar-refractivity contribution in [3.63, 3.8) is 0 Å². The normalized spacial score (nSPS) is 28.1. The molecule has 1 saturated carbocycles. The topological polar surface area (TPSA) is 30.0 Å². The van der Waals surface area contributed by atoms with Crippen molar-refractivity contribution in [1.29, 1.82) is 0 Å². The molecule has 1 aromatic rings. The first-order chi connectivity index (χ1) is 8.49. The Morgan fingerprint density at radius 3 is 2.61 bits per heavy atom. The zero-order chi connectivity index (χ0) is 13.3. The minimum absolute atomic E-state index is 0.0578. The first kappa shape index (κ1) is 13.8. The number of aromatic nitrogens is 1. The van der Waals surface area contributed by atoms with Gasteiger partial charge < -0.3 is 0 Å². The SMILES string of the molecule is CC1CCC(C(=O)c2ncc(Cl)cc2Cl)CC1C. The summed E-state index contributed by atoms with van der Waals surface area (Å²) >= 11 is 11.8. The van der Waals surface area contributed by atoms with E-state index in [-0.39, 0.29) is 11.7 Å². The molecule has 0 spiro atoms. The van der Waals surface area contributed by atoms with Crippen LogP contribution in [0.1, 0.15) is 43.6 Å². The molecule has 0 radical (unpaired) electrons. The Morgan fingerprint density at radius 2 is 2.00 bits per heavy atom. The molecule has 0 saturated heterocycles. The van der Waals surface area contributed by atoms with Gasteiger partial charge in [0, 0.05) is 12.1 Å². The van der Waals surface area contributed by atoms with Gasteiger partial charge in [-0.25, -0.2) is 4.98 Å². The minimum atomic E-state index is 0.0578. The Morgan fingerprint density at radius 1 is 1.28 bits per heavy atom. The van der Waals surface area contributed by atoms with E-state index in [2.05, 4.69) is 18.8 Å². The third-order valence-electron chi connectivity index (χ3n) is 4.01. The monoisotopic (exact) mass is 285 g/mol. The van der Waals surface area contributed by atoms with Crippen LogP contribution in [-0.2, 0) is 0 Å². The van der Waals surface area contributed by atoms with E-state index in [0.717, 1.165) is 19.3 Å². The number of carbonyl (C=O) groups is 1. The van der Waals surface area contributed by atoms with Gasteiger partial charge in [-0.1, -0.05) is 37.0 Å². The molecule has 2 rings (SSSR count). The molecule has 1 fully saturated rings. The summed E-state index contributed by atoms with van der Waals surface area (Å²) in [6.07, 6.45) is 4.45. The summed E-state index contributed by atoms with van der Waals surface area (Å²) in [5, 5.41) is 0.820. The molecule has 1 aromatic heterocycles. The Bertz CT molecular complexity index is 461. The second-order valence-electron chi connectivity index (χ2n) is 5.31. The quantitative estimate of drug-likeness (QED) is 0.741. The van der Waals surface area contributed by atoms with Crippen LogP contribution in [0.2, 0.25) is 10.0 Å². The van der Waals surface area contributed by atoms with Gasteiger partial charge >= 0.3 is 0 Å². The molecular weight excluding hydrogens is 269 g/mol. The number of pyridine rings is 1. The van der Waals surface area contributed by atoms with Gasteiger partial charge in [-0.2, -0.15) is 0 Å². The van der Waals surface area contributed by atoms with Crippen LogP contribution in [-0.4, -0.2) is 10.8 Å². The van der Waals surface area contributed by atoms with Gasteiger partial charge in [0.1, 0.15) is 5.69 Å². The highest BCUT2D eigenvalue weighted by atomic mass is 35.5. The van der Waals surface area contributed by atoms with Crippen LogP contribution in [0.3, 0.4) is 0 Å². The number of halogens is 2. The molecule has 2 nitrogen and oxygen atoms in total. The van der Waals surface area contributed by atoms with Gasteiger partial charge in [-0.15, -0.1) is 0 Å². The Kier molecular flexibility index (Phi) is 4.29. The highest BCUT2D eigenvalue weighted by Gasteiger charge is 2.31. The molecule has 3 unspecified atom stereocenters. The van der Waals surface area contributed by atoms with Crippen molar-refractivity contribution in [2.75, 3.05) is 0 Å². The lowest BCUT2D eigenvalue weighted by Crippen LogP contribution is -2.27. The zero-order valence-electron chi connectivity index (χ0n) is 10.6. The molecule has 0 aromatic carbocycles. The van der Waals surface area contributed by atoms with E-state index in [4.69, 9.17) is 23.2 Å². The van der Waals surface area contributed by atoms with Crippen LogP contribution in [0.15, 0.2) is 12.3 Å². The molecule has 98 valence electrons. The van der Waals surface area contributed by atoms with E-state index < -0.39 is 0 Å². The fraction of sp³-hybridized carbons (Fsp3) is 0.571. The maximum atomic E-state index is 12.4. The van der Waals surface area contributed by atoms with Gasteiger partial charge in [-0.05, 0) is 37.2 Å². The number of carbonyl (C=O) groups excluding carboxylic acids is 1. The number of rotatable bonds is 2. The van der Waals surface area contributed by atoms with Crippen molar-refractivity contribution in [2.45, 2.75) is 33.1 Å². The van der Waals surface area contributed by atoms with Gasteiger partial charge in [0.15, 0.2) is 5.78 Å². The highest BCUT2D eigenvalue weighted by Crippen LogP contribution is 2.35. The molecule has 1 heterocycles. The molecule has 4 heteroatoms. The van der Waals surface area contributed by atoms with Crippen LogP contribution in [0.25, 0.3) is 0 Å². The Hall–Kier alpha value is -0.600. The van der Waals surface area contributed by atoms with Crippen molar-refractivity contribution in [3.8, 4) is 0 Å². The Labute approximate surface area is 118 Å². The largest absolute Gasteiger partial charge is 0.292 e. The van der Waals surface area contributed by atoms with E-state index >= 15 is 0 Å². The van der Waals surface area contributed by atoms with Crippen molar-refractivity contribution in [1.82, 2.24) is 4.98 Å². The van der Waals surface area contributed by atoms with Crippen LogP contribution in [0, 0.1) is 17.8 Å². The smallest absolute Gasteiger partial charge is 0.185 e. The molecule has 3 atom stereocenters. The van der Waals surface area contributed by atoms with Crippen LogP contribution in [0.5, 0.6) is 0 Å². The molecule has 18 heavy (non-hydrogen) atoms. The van der Waals surface area contributed by atoms with Gasteiger partial charge in [0.2, 0.25) is 0 Å². The van der Waals surface area contributed by atoms with E-state index in [1.54, 1.807) is 6.07 Å². The Balaban J connectivity index is 2.16. The third kappa shape index (κ3) is 2.86. The van der Waals surface area contributed by atoms with Crippen molar-refractivity contribution in [3.05, 3.63) is 28.0 Å². The number of hydrogen-bond donors (Lipinski definition) is 0. The molecular formula is C14H17Cl2NO. The van der Waals surface area contributed by atoms with E-state index in [1.165, 1.54) is 6.20 Å². The summed E-state index contributed by atoms with van der Waals surface area (Å²) in [5.74, 6) is 1.40. The summed E-state index contributed by atoms with van der Waals surface area (Å²) in [7, 11) is 0. The van der Waals surface area contributed by atoms with Gasteiger partial charge in [0.25, 0.3) is 0 Å². The van der Waals surface area contributed by atoms with Crippen molar-refractivity contribution >= 4 is 29.0 Å². The molecule has 1 aliphatic rings. The number of hydrogen-bond acceptors (Lipinski definition) is 2. The summed E-state index contributed by atoms with van der Waals surface area (Å²) < 4.78 is 0. The number of nitrogens with zero attached hydrogens (tertiary/aromatic N) is 1. The second kappa shape index (κ2) is 5.58. The molecule has 0 aliphatic heterocycles. The first-order valence-electron chi connectivity index (χ1n) is 6.34. The summed E-state index contributed by atoms with van der Waals surface area (Å²) in [6.45, 7) is 4.46. The second-order valence-corrected chi connectivity index (χ2v) is 6.16. The van der Waals surface area contributed by atoms with Crippen molar-refractivity contribution in [2.24, 2.45) is 17.8 Å². The highest BCUT2D eigenvalue weighted by molar-refractivity contribution is 6.36. The maximum Gasteiger partial charge on any atom is 0.185 e. The fourth-order valence-electron chi connectivity index (χ4n) is 2.57. The van der Waals surface area contributed by atoms with E-state index in [1.807, 2.05) is 0 Å². The fourth-order valence-corrected chi connectivity index (χ4v) is 3.05. The average Bonchev–Trinajstić information content (AvgIpc) is 2.32. The zero-order valence-corrected chi connectivity index (χ0v) is 12.1. The van der Waals surface area contributed by atoms with E-state index in [0.29, 0.717) is 27.6 Å². The number of Topliss-reactive ketones (excluding diaryl/α,β-unsaturated/α-hetero) is 1. The average molecular weight is 286 g/mol. The predicted octanol–water partition coefficient (Wildman–Crippen LogP) is 4.64. The van der Waals surface area contributed by atoms with Crippen LogP contribution >= 0.6 is 23.2 Å². The standard InChI is InChI=1S/C14H17Cl2NO/c1-8-3-4-10(5-9(8)2)14(18)13-12(16)6-11(15)7-17-13/h6-10H,3-5H2,1-2H3. The lowest BCUT2D eigenvalue weighted by molar-refractivity contribution is 0.0832. The molecule has 0 N–H and O–H groups in total. The maximum absolute atomic E-state index is 12.4. The molecule has 1 aliphatic carbocycles. The predicted molar refractivity (Wildman–Crippen MR) is 74.3 cm³/mol.